The zero-order valence-electron chi connectivity index (χ0n) is 18.8. The van der Waals surface area contributed by atoms with E-state index in [1.165, 1.54) is 6.07 Å². The number of carbonyl (C=O) groups is 1. The molecule has 0 saturated heterocycles. The molecule has 0 spiro atoms. The molecule has 0 radical (unpaired) electrons. The quantitative estimate of drug-likeness (QED) is 0.285. The first-order valence-corrected chi connectivity index (χ1v) is 10.9. The van der Waals surface area contributed by atoms with Gasteiger partial charge in [-0.3, -0.25) is 4.79 Å². The third kappa shape index (κ3) is 6.55. The summed E-state index contributed by atoms with van der Waals surface area (Å²) < 4.78 is 65.3. The van der Waals surface area contributed by atoms with Crippen LogP contribution in [0.1, 0.15) is 50.7 Å². The average Bonchev–Trinajstić information content (AvgIpc) is 2.78. The van der Waals surface area contributed by atoms with Crippen molar-refractivity contribution in [1.29, 1.82) is 0 Å². The lowest BCUT2D eigenvalue weighted by molar-refractivity contribution is -0.182. The van der Waals surface area contributed by atoms with Gasteiger partial charge in [-0.15, -0.1) is 0 Å². The molecule has 0 unspecified atom stereocenters. The van der Waals surface area contributed by atoms with Crippen molar-refractivity contribution in [3.8, 4) is 11.1 Å². The number of nitrogens with one attached hydrogen (secondary N) is 1. The number of benzene rings is 2. The molecule has 0 aliphatic heterocycles. The van der Waals surface area contributed by atoms with Gasteiger partial charge >= 0.3 is 6.18 Å². The largest absolute Gasteiger partial charge is 0.515 e. The van der Waals surface area contributed by atoms with Crippen molar-refractivity contribution < 1.29 is 31.9 Å². The van der Waals surface area contributed by atoms with E-state index >= 15 is 0 Å². The molecule has 8 heteroatoms. The molecule has 1 amide bonds. The zero-order valence-corrected chi connectivity index (χ0v) is 18.8. The van der Waals surface area contributed by atoms with Crippen LogP contribution in [-0.4, -0.2) is 23.2 Å². The van der Waals surface area contributed by atoms with Crippen LogP contribution in [-0.2, 0) is 4.79 Å². The number of aryl methyl sites for hydroxylation is 1. The molecule has 3 rings (SSSR count). The lowest BCUT2D eigenvalue weighted by atomic mass is 9.85. The molecule has 1 fully saturated rings. The number of rotatable bonds is 4. The Morgan fingerprint density at radius 3 is 2.09 bits per heavy atom. The number of halogens is 5. The summed E-state index contributed by atoms with van der Waals surface area (Å²) in [6.07, 6.45) is -3.31. The van der Waals surface area contributed by atoms with Crippen LogP contribution in [0.5, 0.6) is 0 Å². The monoisotopic (exact) mass is 469 g/mol. The van der Waals surface area contributed by atoms with Gasteiger partial charge in [0, 0.05) is 6.04 Å². The Hall–Kier alpha value is -2.90. The van der Waals surface area contributed by atoms with Crippen molar-refractivity contribution in [3.05, 3.63) is 65.4 Å². The van der Waals surface area contributed by atoms with Gasteiger partial charge in [-0.05, 0) is 73.1 Å². The first-order valence-electron chi connectivity index (χ1n) is 10.9. The van der Waals surface area contributed by atoms with Crippen molar-refractivity contribution >= 4 is 11.5 Å². The molecule has 1 aliphatic carbocycles. The second-order valence-electron chi connectivity index (χ2n) is 7.76. The highest BCUT2D eigenvalue weighted by Gasteiger charge is 2.41. The van der Waals surface area contributed by atoms with E-state index in [-0.39, 0.29) is 31.3 Å². The highest BCUT2D eigenvalue weighted by molar-refractivity contribution is 6.19. The molecule has 0 atom stereocenters. The Kier molecular flexibility index (Phi) is 9.02. The summed E-state index contributed by atoms with van der Waals surface area (Å²) in [7, 11) is 0. The smallest absolute Gasteiger partial charge is 0.391 e. The predicted octanol–water partition coefficient (Wildman–Crippen LogP) is 7.10. The number of amides is 1. The van der Waals surface area contributed by atoms with Crippen molar-refractivity contribution in [3.63, 3.8) is 0 Å². The Balaban J connectivity index is 0.00000187. The van der Waals surface area contributed by atoms with Crippen LogP contribution in [0.3, 0.4) is 0 Å². The van der Waals surface area contributed by atoms with E-state index in [0.29, 0.717) is 28.5 Å². The Labute approximate surface area is 190 Å². The molecule has 2 aromatic carbocycles. The van der Waals surface area contributed by atoms with Crippen molar-refractivity contribution in [2.75, 3.05) is 0 Å². The maximum absolute atomic E-state index is 13.6. The molecule has 0 aromatic heterocycles. The fourth-order valence-electron chi connectivity index (χ4n) is 3.85. The number of hydrogen-bond acceptors (Lipinski definition) is 2. The van der Waals surface area contributed by atoms with Crippen molar-refractivity contribution in [2.45, 2.75) is 58.7 Å². The van der Waals surface area contributed by atoms with Crippen molar-refractivity contribution in [2.24, 2.45) is 5.92 Å². The van der Waals surface area contributed by atoms with E-state index in [0.717, 1.165) is 12.1 Å². The van der Waals surface area contributed by atoms with Crippen LogP contribution >= 0.6 is 0 Å². The minimum Gasteiger partial charge on any atom is -0.515 e. The molecule has 0 heterocycles. The molecule has 1 aliphatic rings. The van der Waals surface area contributed by atoms with Crippen LogP contribution in [0, 0.1) is 24.5 Å². The van der Waals surface area contributed by atoms with E-state index in [1.54, 1.807) is 25.1 Å². The van der Waals surface area contributed by atoms with E-state index in [1.807, 2.05) is 13.8 Å². The van der Waals surface area contributed by atoms with Gasteiger partial charge in [0.2, 0.25) is 0 Å². The molecule has 0 bridgehead atoms. The molecular weight excluding hydrogens is 441 g/mol. The van der Waals surface area contributed by atoms with Gasteiger partial charge in [0.25, 0.3) is 5.91 Å². The van der Waals surface area contributed by atoms with Crippen LogP contribution in [0.15, 0.2) is 42.7 Å². The second kappa shape index (κ2) is 11.3. The fourth-order valence-corrected chi connectivity index (χ4v) is 3.85. The van der Waals surface area contributed by atoms with Gasteiger partial charge in [0.1, 0.15) is 0 Å². The first kappa shape index (κ1) is 26.4. The van der Waals surface area contributed by atoms with Crippen molar-refractivity contribution in [1.82, 2.24) is 5.32 Å². The number of alkyl halides is 3. The summed E-state index contributed by atoms with van der Waals surface area (Å²) in [6, 6.07) is 7.94. The fraction of sp³-hybridized carbons (Fsp3) is 0.400. The second-order valence-corrected chi connectivity index (χ2v) is 7.76. The summed E-state index contributed by atoms with van der Waals surface area (Å²) in [5.74, 6) is -3.96. The first-order chi connectivity index (χ1) is 15.6. The number of hydrogen-bond donors (Lipinski definition) is 2. The number of aliphatic hydroxyl groups is 1. The third-order valence-corrected chi connectivity index (χ3v) is 5.68. The maximum atomic E-state index is 13.6. The standard InChI is InChI=1S/C23H22F5NO2.C2H6/c1-13-2-3-14(15-4-9-20(24)21(25)11-15)10-18(13)19(12-30)22(31)29-17-7-5-16(6-8-17)23(26,27)28;1-2/h2-4,9-12,16-17,30H,5-8H2,1H3,(H,29,31);1-2H3/b19-12+;. The SMILES string of the molecule is CC.Cc1ccc(-c2ccc(F)c(F)c2)cc1/C(=C\O)C(=O)NC1CCC(C(F)(F)F)CC1. The zero-order chi connectivity index (χ0) is 24.8. The van der Waals surface area contributed by atoms with Gasteiger partial charge < -0.3 is 10.4 Å². The highest BCUT2D eigenvalue weighted by Crippen LogP contribution is 2.37. The minimum atomic E-state index is -4.23. The molecule has 180 valence electrons. The Bertz CT molecular complexity index is 993. The van der Waals surface area contributed by atoms with Gasteiger partial charge in [-0.25, -0.2) is 8.78 Å². The molecule has 1 saturated carbocycles. The predicted molar refractivity (Wildman–Crippen MR) is 118 cm³/mol. The summed E-state index contributed by atoms with van der Waals surface area (Å²) in [5.41, 5.74) is 1.88. The highest BCUT2D eigenvalue weighted by atomic mass is 19.4. The Morgan fingerprint density at radius 1 is 0.970 bits per heavy atom. The van der Waals surface area contributed by atoms with E-state index in [2.05, 4.69) is 5.32 Å². The molecule has 33 heavy (non-hydrogen) atoms. The van der Waals surface area contributed by atoms with Gasteiger partial charge in [0.05, 0.1) is 17.8 Å². The Morgan fingerprint density at radius 2 is 1.55 bits per heavy atom. The summed E-state index contributed by atoms with van der Waals surface area (Å²) in [5, 5.41) is 12.4. The number of carbonyl (C=O) groups excluding carboxylic acids is 1. The average molecular weight is 469 g/mol. The molecule has 3 nitrogen and oxygen atoms in total. The van der Waals surface area contributed by atoms with Gasteiger partial charge in [0.15, 0.2) is 11.6 Å². The van der Waals surface area contributed by atoms with Crippen LogP contribution in [0.4, 0.5) is 22.0 Å². The summed E-state index contributed by atoms with van der Waals surface area (Å²) >= 11 is 0. The lowest BCUT2D eigenvalue weighted by Crippen LogP contribution is -2.40. The van der Waals surface area contributed by atoms with Crippen LogP contribution in [0.25, 0.3) is 16.7 Å². The van der Waals surface area contributed by atoms with Crippen LogP contribution < -0.4 is 5.32 Å². The van der Waals surface area contributed by atoms with Crippen LogP contribution in [0.2, 0.25) is 0 Å². The van der Waals surface area contributed by atoms with Gasteiger partial charge in [-0.1, -0.05) is 32.0 Å². The van der Waals surface area contributed by atoms with E-state index in [9.17, 15) is 31.9 Å². The summed E-state index contributed by atoms with van der Waals surface area (Å²) in [4.78, 5) is 12.7. The normalized spacial score (nSPS) is 18.8. The third-order valence-electron chi connectivity index (χ3n) is 5.68. The minimum absolute atomic E-state index is 0.0557. The topological polar surface area (TPSA) is 49.3 Å². The summed E-state index contributed by atoms with van der Waals surface area (Å²) in [6.45, 7) is 5.72. The maximum Gasteiger partial charge on any atom is 0.391 e. The molecular formula is C25H28F5NO2. The molecule has 2 N–H and O–H groups in total. The van der Waals surface area contributed by atoms with E-state index < -0.39 is 35.7 Å². The lowest BCUT2D eigenvalue weighted by Gasteiger charge is -2.30. The van der Waals surface area contributed by atoms with Gasteiger partial charge in [-0.2, -0.15) is 13.2 Å². The molecule has 2 aromatic rings. The van der Waals surface area contributed by atoms with E-state index in [4.69, 9.17) is 0 Å². The number of aliphatic hydroxyl groups excluding tert-OH is 1.